The average molecular weight is 565 g/mol. The van der Waals surface area contributed by atoms with Gasteiger partial charge in [0.05, 0.1) is 30.6 Å². The third kappa shape index (κ3) is 11.4. The summed E-state index contributed by atoms with van der Waals surface area (Å²) in [6.45, 7) is 7.39. The van der Waals surface area contributed by atoms with E-state index < -0.39 is 22.5 Å². The molecule has 2 aliphatic rings. The predicted molar refractivity (Wildman–Crippen MR) is 134 cm³/mol. The van der Waals surface area contributed by atoms with Gasteiger partial charge < -0.3 is 20.3 Å². The molecule has 38 heavy (non-hydrogen) atoms. The molecule has 0 aromatic carbocycles. The SMILES string of the molecule is CN=CNOCC(=O)NCCNC=O.COC(C)(C)C.Cn1ncc2c1CN1CC2N(OS(=O)(=O)O)C1=O. The Morgan fingerprint density at radius 3 is 2.55 bits per heavy atom. The second kappa shape index (κ2) is 15.2. The van der Waals surface area contributed by atoms with Gasteiger partial charge in [-0.05, 0) is 20.8 Å². The number of aromatic nitrogens is 2. The van der Waals surface area contributed by atoms with E-state index in [1.165, 1.54) is 11.2 Å². The van der Waals surface area contributed by atoms with Crippen LogP contribution in [0.5, 0.6) is 0 Å². The third-order valence-corrected chi connectivity index (χ3v) is 5.21. The van der Waals surface area contributed by atoms with E-state index in [1.54, 1.807) is 32.1 Å². The minimum atomic E-state index is -4.72. The first-order chi connectivity index (χ1) is 17.7. The Morgan fingerprint density at radius 1 is 1.34 bits per heavy atom. The van der Waals surface area contributed by atoms with E-state index >= 15 is 0 Å². The molecule has 1 unspecified atom stereocenters. The van der Waals surface area contributed by atoms with Crippen LogP contribution in [0.4, 0.5) is 4.79 Å². The smallest absolute Gasteiger partial charge is 0.379 e. The van der Waals surface area contributed by atoms with Crippen LogP contribution >= 0.6 is 0 Å². The lowest BCUT2D eigenvalue weighted by Gasteiger charge is -2.21. The predicted octanol–water partition coefficient (Wildman–Crippen LogP) is -1.09. The van der Waals surface area contributed by atoms with Gasteiger partial charge in [0.25, 0.3) is 0 Å². The fraction of sp³-hybridized carbons (Fsp3) is 0.650. The molecule has 0 spiro atoms. The Kier molecular flexibility index (Phi) is 13.1. The molecule has 3 heterocycles. The van der Waals surface area contributed by atoms with Crippen LogP contribution in [0.1, 0.15) is 38.1 Å². The van der Waals surface area contributed by atoms with Crippen molar-refractivity contribution in [2.45, 2.75) is 39.0 Å². The van der Waals surface area contributed by atoms with E-state index in [-0.39, 0.29) is 18.1 Å². The van der Waals surface area contributed by atoms with Crippen LogP contribution in [-0.2, 0) is 47.4 Å². The van der Waals surface area contributed by atoms with E-state index in [0.29, 0.717) is 37.7 Å². The van der Waals surface area contributed by atoms with Crippen molar-refractivity contribution in [1.82, 2.24) is 35.9 Å². The van der Waals surface area contributed by atoms with Gasteiger partial charge in [0, 0.05) is 39.9 Å². The molecule has 18 heteroatoms. The second-order valence-electron chi connectivity index (χ2n) is 8.71. The molecule has 1 aromatic heterocycles. The first kappa shape index (κ1) is 32.7. The van der Waals surface area contributed by atoms with Gasteiger partial charge in [0.2, 0.25) is 12.3 Å². The van der Waals surface area contributed by atoms with Gasteiger partial charge >= 0.3 is 16.4 Å². The summed E-state index contributed by atoms with van der Waals surface area (Å²) in [5, 5.41) is 9.66. The number of aryl methyl sites for hydroxylation is 1. The maximum atomic E-state index is 11.9. The number of hydroxylamine groups is 3. The topological polar surface area (TPSA) is 206 Å². The zero-order valence-corrected chi connectivity index (χ0v) is 23.0. The molecule has 4 N–H and O–H groups in total. The molecule has 1 saturated heterocycles. The van der Waals surface area contributed by atoms with Crippen LogP contribution in [0.15, 0.2) is 11.2 Å². The molecule has 2 bridgehead atoms. The number of carbonyl (C=O) groups excluding carboxylic acids is 3. The van der Waals surface area contributed by atoms with Crippen molar-refractivity contribution >= 4 is 35.1 Å². The first-order valence-electron chi connectivity index (χ1n) is 11.3. The van der Waals surface area contributed by atoms with Crippen LogP contribution in [-0.4, -0.2) is 103 Å². The number of rotatable bonds is 10. The number of aliphatic imine (C=N–C) groups is 1. The van der Waals surface area contributed by atoms with Gasteiger partial charge in [-0.15, -0.1) is 4.28 Å². The van der Waals surface area contributed by atoms with Gasteiger partial charge in [0.1, 0.15) is 12.4 Å². The standard InChI is InChI=1S/C8H10N4O5S.C7H14N4O3.C5H12O/c1-10-6-3-11-4-7(5(6)2-9-10)12(8(11)13)17-18(14,15)16;1-8-5-11-14-4-7(13)10-3-2-9-6-12;1-5(2,3)6-4/h2,7H,3-4H2,1H3,(H,14,15,16);5-6H,2-4H2,1H3,(H,8,11)(H,9,12)(H,10,13);1-4H3. The Labute approximate surface area is 221 Å². The van der Waals surface area contributed by atoms with Crippen molar-refractivity contribution in [2.24, 2.45) is 12.0 Å². The lowest BCUT2D eigenvalue weighted by molar-refractivity contribution is -0.127. The molecule has 0 saturated carbocycles. The van der Waals surface area contributed by atoms with Gasteiger partial charge in [0.15, 0.2) is 6.61 Å². The molecular formula is C20H36N8O9S. The van der Waals surface area contributed by atoms with Crippen LogP contribution in [0.2, 0.25) is 0 Å². The summed E-state index contributed by atoms with van der Waals surface area (Å²) in [6, 6.07) is -1.16. The number of hydrogen-bond donors (Lipinski definition) is 4. The second-order valence-corrected chi connectivity index (χ2v) is 9.71. The molecule has 0 radical (unpaired) electrons. The number of fused-ring (bicyclic) bond motifs is 4. The monoisotopic (exact) mass is 564 g/mol. The normalized spacial score (nSPS) is 16.2. The fourth-order valence-electron chi connectivity index (χ4n) is 2.89. The first-order valence-corrected chi connectivity index (χ1v) is 12.6. The zero-order valence-electron chi connectivity index (χ0n) is 22.2. The van der Waals surface area contributed by atoms with Gasteiger partial charge in [-0.3, -0.25) is 34.1 Å². The highest BCUT2D eigenvalue weighted by Crippen LogP contribution is 2.37. The summed E-state index contributed by atoms with van der Waals surface area (Å²) < 4.78 is 41.0. The molecule has 17 nitrogen and oxygen atoms in total. The lowest BCUT2D eigenvalue weighted by atomic mass is 10.1. The number of urea groups is 1. The summed E-state index contributed by atoms with van der Waals surface area (Å²) in [7, 11) is 0.295. The van der Waals surface area contributed by atoms with Crippen LogP contribution in [0, 0.1) is 0 Å². The molecule has 1 aromatic rings. The van der Waals surface area contributed by atoms with Gasteiger partial charge in [-0.1, -0.05) is 0 Å². The van der Waals surface area contributed by atoms with Crippen LogP contribution < -0.4 is 16.1 Å². The van der Waals surface area contributed by atoms with Crippen LogP contribution in [0.3, 0.4) is 0 Å². The molecule has 1 atom stereocenters. The number of hydrogen-bond acceptors (Lipinski definition) is 10. The Bertz CT molecular complexity index is 1060. The summed E-state index contributed by atoms with van der Waals surface area (Å²) >= 11 is 0. The Hall–Kier alpha value is -3.32. The van der Waals surface area contributed by atoms with E-state index in [0.717, 1.165) is 11.3 Å². The molecule has 1 fully saturated rings. The minimum absolute atomic E-state index is 0.0417. The van der Waals surface area contributed by atoms with Gasteiger partial charge in [-0.25, -0.2) is 4.79 Å². The van der Waals surface area contributed by atoms with Crippen molar-refractivity contribution < 1.29 is 41.2 Å². The summed E-state index contributed by atoms with van der Waals surface area (Å²) in [5.74, 6) is -0.269. The highest BCUT2D eigenvalue weighted by molar-refractivity contribution is 7.80. The van der Waals surface area contributed by atoms with E-state index in [4.69, 9.17) is 14.1 Å². The highest BCUT2D eigenvalue weighted by atomic mass is 32.3. The average Bonchev–Trinajstić information content (AvgIpc) is 3.33. The fourth-order valence-corrected chi connectivity index (χ4v) is 3.26. The van der Waals surface area contributed by atoms with Crippen molar-refractivity contribution in [3.8, 4) is 0 Å². The van der Waals surface area contributed by atoms with E-state index in [1.807, 2.05) is 20.8 Å². The quantitative estimate of drug-likeness (QED) is 0.0670. The largest absolute Gasteiger partial charge is 0.418 e. The Balaban J connectivity index is 0.000000323. The maximum Gasteiger partial charge on any atom is 0.418 e. The van der Waals surface area contributed by atoms with Crippen LogP contribution in [0.25, 0.3) is 0 Å². The number of carbonyl (C=O) groups is 3. The number of ether oxygens (including phenoxy) is 1. The molecule has 4 amide bonds. The van der Waals surface area contributed by atoms with Crippen molar-refractivity contribution in [1.29, 1.82) is 0 Å². The van der Waals surface area contributed by atoms with E-state index in [2.05, 4.69) is 30.5 Å². The van der Waals surface area contributed by atoms with Gasteiger partial charge in [-0.2, -0.15) is 18.6 Å². The number of methoxy groups -OCH3 is 1. The molecule has 216 valence electrons. The summed E-state index contributed by atoms with van der Waals surface area (Å²) in [5.41, 5.74) is 3.93. The summed E-state index contributed by atoms with van der Waals surface area (Å²) in [6.07, 6.45) is 3.46. The minimum Gasteiger partial charge on any atom is -0.379 e. The Morgan fingerprint density at radius 2 is 2.00 bits per heavy atom. The van der Waals surface area contributed by atoms with Crippen molar-refractivity contribution in [3.63, 3.8) is 0 Å². The molecule has 3 rings (SSSR count). The number of nitrogens with zero attached hydrogens (tertiary/aromatic N) is 5. The van der Waals surface area contributed by atoms with E-state index in [9.17, 15) is 22.8 Å². The highest BCUT2D eigenvalue weighted by Gasteiger charge is 2.47. The third-order valence-electron chi connectivity index (χ3n) is 4.86. The maximum absolute atomic E-state index is 11.9. The molecule has 0 aliphatic carbocycles. The lowest BCUT2D eigenvalue weighted by Crippen LogP contribution is -2.35. The van der Waals surface area contributed by atoms with Crippen molar-refractivity contribution in [3.05, 3.63) is 17.5 Å². The zero-order chi connectivity index (χ0) is 28.9. The van der Waals surface area contributed by atoms with Crippen molar-refractivity contribution in [2.75, 3.05) is 40.4 Å². The number of nitrogens with one attached hydrogen (secondary N) is 3. The molecular weight excluding hydrogens is 528 g/mol. The summed E-state index contributed by atoms with van der Waals surface area (Å²) in [4.78, 5) is 42.3. The molecule has 2 aliphatic heterocycles. The number of amides is 4.